The smallest absolute Gasteiger partial charge is 0.140 e. The molecule has 1 atom stereocenters. The first-order valence-electron chi connectivity index (χ1n) is 2.81. The molecule has 2 nitrogen and oxygen atoms in total. The number of rotatable bonds is 3. The summed E-state index contributed by atoms with van der Waals surface area (Å²) >= 11 is 0. The largest absolute Gasteiger partial charge is 0.319 e. The summed E-state index contributed by atoms with van der Waals surface area (Å²) in [6.07, 6.45) is 5.90. The molecule has 0 amide bonds. The molecule has 0 aliphatic carbocycles. The van der Waals surface area contributed by atoms with Crippen molar-refractivity contribution in [2.75, 3.05) is 0 Å². The lowest BCUT2D eigenvalue weighted by atomic mass is 10.1. The van der Waals surface area contributed by atoms with E-state index in [1.54, 1.807) is 12.2 Å². The van der Waals surface area contributed by atoms with Crippen LogP contribution in [0.15, 0.2) is 24.2 Å². The molecule has 48 valence electrons. The van der Waals surface area contributed by atoms with Crippen LogP contribution in [-0.2, 0) is 4.79 Å². The summed E-state index contributed by atoms with van der Waals surface area (Å²) in [6.45, 7) is 0. The van der Waals surface area contributed by atoms with Crippen LogP contribution in [0, 0.1) is 0 Å². The Morgan fingerprint density at radius 1 is 1.44 bits per heavy atom. The SMILES string of the molecule is B/C=C/C=C\C(N)C=O. The van der Waals surface area contributed by atoms with E-state index in [1.165, 1.54) is 0 Å². The Bertz CT molecular complexity index is 131. The van der Waals surface area contributed by atoms with E-state index in [1.807, 2.05) is 19.9 Å². The van der Waals surface area contributed by atoms with E-state index in [-0.39, 0.29) is 0 Å². The second kappa shape index (κ2) is 5.31. The monoisotopic (exact) mass is 123 g/mol. The zero-order valence-electron chi connectivity index (χ0n) is 5.45. The van der Waals surface area contributed by atoms with Gasteiger partial charge in [-0.3, -0.25) is 0 Å². The van der Waals surface area contributed by atoms with E-state index >= 15 is 0 Å². The summed E-state index contributed by atoms with van der Waals surface area (Å²) in [5, 5.41) is 0. The van der Waals surface area contributed by atoms with Gasteiger partial charge in [0.25, 0.3) is 0 Å². The maximum absolute atomic E-state index is 9.90. The predicted molar refractivity (Wildman–Crippen MR) is 40.9 cm³/mol. The lowest BCUT2D eigenvalue weighted by Gasteiger charge is -1.88. The van der Waals surface area contributed by atoms with Gasteiger partial charge < -0.3 is 10.5 Å². The van der Waals surface area contributed by atoms with Gasteiger partial charge in [0.1, 0.15) is 14.1 Å². The summed E-state index contributed by atoms with van der Waals surface area (Å²) in [5.41, 5.74) is 5.22. The molecule has 0 radical (unpaired) electrons. The molecule has 0 fully saturated rings. The highest BCUT2D eigenvalue weighted by atomic mass is 16.1. The van der Waals surface area contributed by atoms with Gasteiger partial charge in [0, 0.05) is 0 Å². The molecule has 0 saturated heterocycles. The fourth-order valence-corrected chi connectivity index (χ4v) is 0.349. The van der Waals surface area contributed by atoms with Crippen molar-refractivity contribution >= 4 is 14.1 Å². The van der Waals surface area contributed by atoms with Crippen LogP contribution in [0.25, 0.3) is 0 Å². The van der Waals surface area contributed by atoms with Gasteiger partial charge in [-0.25, -0.2) is 0 Å². The van der Waals surface area contributed by atoms with Crippen LogP contribution in [0.1, 0.15) is 0 Å². The Morgan fingerprint density at radius 2 is 2.11 bits per heavy atom. The van der Waals surface area contributed by atoms with Crippen molar-refractivity contribution in [3.63, 3.8) is 0 Å². The molecule has 0 aromatic heterocycles. The molecule has 9 heavy (non-hydrogen) atoms. The van der Waals surface area contributed by atoms with E-state index in [0.717, 1.165) is 0 Å². The fraction of sp³-hybridized carbons (Fsp3) is 0.167. The van der Waals surface area contributed by atoms with Gasteiger partial charge in [0.2, 0.25) is 0 Å². The lowest BCUT2D eigenvalue weighted by Crippen LogP contribution is -2.17. The first-order chi connectivity index (χ1) is 4.31. The van der Waals surface area contributed by atoms with Crippen molar-refractivity contribution in [3.8, 4) is 0 Å². The minimum atomic E-state index is -0.457. The molecule has 3 heteroatoms. The van der Waals surface area contributed by atoms with Gasteiger partial charge >= 0.3 is 0 Å². The summed E-state index contributed by atoms with van der Waals surface area (Å²) in [7, 11) is 1.90. The van der Waals surface area contributed by atoms with Crippen molar-refractivity contribution in [3.05, 3.63) is 24.2 Å². The van der Waals surface area contributed by atoms with Gasteiger partial charge in [-0.2, -0.15) is 0 Å². The molecule has 2 N–H and O–H groups in total. The van der Waals surface area contributed by atoms with Crippen molar-refractivity contribution in [1.29, 1.82) is 0 Å². The summed E-state index contributed by atoms with van der Waals surface area (Å²) in [5.74, 6) is 1.87. The Labute approximate surface area is 55.8 Å². The molecule has 0 bridgehead atoms. The summed E-state index contributed by atoms with van der Waals surface area (Å²) in [6, 6.07) is -0.457. The van der Waals surface area contributed by atoms with E-state index in [0.29, 0.717) is 6.29 Å². The molecule has 0 saturated carbocycles. The zero-order valence-corrected chi connectivity index (χ0v) is 5.45. The highest BCUT2D eigenvalue weighted by Gasteiger charge is 1.86. The third kappa shape index (κ3) is 5.04. The van der Waals surface area contributed by atoms with E-state index < -0.39 is 6.04 Å². The minimum Gasteiger partial charge on any atom is -0.319 e. The van der Waals surface area contributed by atoms with Crippen LogP contribution < -0.4 is 5.73 Å². The maximum Gasteiger partial charge on any atom is 0.140 e. The van der Waals surface area contributed by atoms with Crippen LogP contribution in [0.3, 0.4) is 0 Å². The molecule has 0 rings (SSSR count). The third-order valence-electron chi connectivity index (χ3n) is 0.794. The maximum atomic E-state index is 9.90. The topological polar surface area (TPSA) is 43.1 Å². The van der Waals surface area contributed by atoms with Gasteiger partial charge in [-0.1, -0.05) is 18.2 Å². The van der Waals surface area contributed by atoms with Crippen LogP contribution in [0.5, 0.6) is 0 Å². The van der Waals surface area contributed by atoms with Crippen molar-refractivity contribution in [2.24, 2.45) is 5.73 Å². The van der Waals surface area contributed by atoms with Crippen LogP contribution >= 0.6 is 0 Å². The summed E-state index contributed by atoms with van der Waals surface area (Å²) in [4.78, 5) is 9.90. The number of carbonyl (C=O) groups excluding carboxylic acids is 1. The normalized spacial score (nSPS) is 14.8. The van der Waals surface area contributed by atoms with Crippen LogP contribution in [0.4, 0.5) is 0 Å². The third-order valence-corrected chi connectivity index (χ3v) is 0.794. The molecule has 0 aliphatic rings. The number of allylic oxidation sites excluding steroid dienone is 2. The Hall–Kier alpha value is -0.825. The van der Waals surface area contributed by atoms with E-state index in [2.05, 4.69) is 0 Å². The quantitative estimate of drug-likeness (QED) is 0.303. The number of aldehydes is 1. The minimum absolute atomic E-state index is 0.457. The van der Waals surface area contributed by atoms with Crippen LogP contribution in [-0.4, -0.2) is 20.2 Å². The van der Waals surface area contributed by atoms with Crippen molar-refractivity contribution < 1.29 is 4.79 Å². The van der Waals surface area contributed by atoms with E-state index in [4.69, 9.17) is 5.73 Å². The van der Waals surface area contributed by atoms with Crippen molar-refractivity contribution in [2.45, 2.75) is 6.04 Å². The first kappa shape index (κ1) is 8.17. The number of hydrogen-bond donors (Lipinski definition) is 1. The molecule has 1 unspecified atom stereocenters. The predicted octanol–water partition coefficient (Wildman–Crippen LogP) is -0.784. The van der Waals surface area contributed by atoms with Gasteiger partial charge in [-0.05, 0) is 0 Å². The van der Waals surface area contributed by atoms with Gasteiger partial charge in [-0.15, -0.1) is 5.98 Å². The molecular formula is C6H10BNO. The lowest BCUT2D eigenvalue weighted by molar-refractivity contribution is -0.108. The molecule has 0 aliphatic heterocycles. The Balaban J connectivity index is 3.55. The highest BCUT2D eigenvalue weighted by molar-refractivity contribution is 6.17. The van der Waals surface area contributed by atoms with Crippen LogP contribution in [0.2, 0.25) is 0 Å². The van der Waals surface area contributed by atoms with Crippen molar-refractivity contribution in [1.82, 2.24) is 0 Å². The number of nitrogens with two attached hydrogens (primary N) is 1. The second-order valence-electron chi connectivity index (χ2n) is 1.62. The fourth-order valence-electron chi connectivity index (χ4n) is 0.349. The van der Waals surface area contributed by atoms with Gasteiger partial charge in [0.05, 0.1) is 6.04 Å². The molecule has 0 aromatic rings. The number of carbonyl (C=O) groups is 1. The first-order valence-corrected chi connectivity index (χ1v) is 2.81. The average molecular weight is 123 g/mol. The summed E-state index contributed by atoms with van der Waals surface area (Å²) < 4.78 is 0. The zero-order chi connectivity index (χ0) is 7.11. The van der Waals surface area contributed by atoms with E-state index in [9.17, 15) is 4.79 Å². The van der Waals surface area contributed by atoms with Gasteiger partial charge in [0.15, 0.2) is 0 Å². The Kier molecular flexibility index (Phi) is 4.83. The second-order valence-corrected chi connectivity index (χ2v) is 1.62. The Morgan fingerprint density at radius 3 is 2.56 bits per heavy atom. The standard InChI is InChI=1S/C6H10BNO/c7-4-2-1-3-6(8)5-9/h1-6H,7-8H2/b3-1-,4-2+. The molecular weight excluding hydrogens is 113 g/mol. The molecule has 0 aromatic carbocycles. The number of hydrogen-bond acceptors (Lipinski definition) is 2. The molecule has 0 heterocycles. The average Bonchev–Trinajstić information content (AvgIpc) is 1.89. The molecule has 0 spiro atoms. The highest BCUT2D eigenvalue weighted by Crippen LogP contribution is 1.77.